The van der Waals surface area contributed by atoms with E-state index in [1.165, 1.54) is 5.56 Å². The Balaban J connectivity index is 1.52. The molecule has 1 aliphatic heterocycles. The molecule has 1 aliphatic rings. The molecule has 6 nitrogen and oxygen atoms in total. The summed E-state index contributed by atoms with van der Waals surface area (Å²) in [6.45, 7) is 8.66. The number of hydrogen-bond acceptors (Lipinski definition) is 6. The fraction of sp³-hybridized carbons (Fsp3) is 0.529. The van der Waals surface area contributed by atoms with Crippen LogP contribution in [0.25, 0.3) is 0 Å². The summed E-state index contributed by atoms with van der Waals surface area (Å²) >= 11 is 1.74. The minimum Gasteiger partial charge on any atom is -0.360 e. The van der Waals surface area contributed by atoms with Gasteiger partial charge in [-0.25, -0.2) is 0 Å². The van der Waals surface area contributed by atoms with Crippen LogP contribution in [-0.2, 0) is 11.3 Å². The first kappa shape index (κ1) is 17.1. The summed E-state index contributed by atoms with van der Waals surface area (Å²) in [4.78, 5) is 17.3. The second-order valence-corrected chi connectivity index (χ2v) is 6.96. The summed E-state index contributed by atoms with van der Waals surface area (Å²) in [5, 5.41) is 11.0. The largest absolute Gasteiger partial charge is 0.360 e. The first-order valence-corrected chi connectivity index (χ1v) is 9.31. The van der Waals surface area contributed by atoms with Crippen LogP contribution in [0.3, 0.4) is 0 Å². The molecule has 0 unspecified atom stereocenters. The molecule has 1 fully saturated rings. The summed E-state index contributed by atoms with van der Waals surface area (Å²) in [6.07, 6.45) is 0.785. The predicted molar refractivity (Wildman–Crippen MR) is 95.1 cm³/mol. The lowest BCUT2D eigenvalue weighted by atomic mass is 10.1. The van der Waals surface area contributed by atoms with Gasteiger partial charge < -0.3 is 9.84 Å². The molecule has 1 saturated heterocycles. The van der Waals surface area contributed by atoms with E-state index < -0.39 is 0 Å². The van der Waals surface area contributed by atoms with Gasteiger partial charge in [0, 0.05) is 38.8 Å². The normalized spacial score (nSPS) is 17.8. The van der Waals surface area contributed by atoms with Crippen LogP contribution in [0.5, 0.6) is 0 Å². The van der Waals surface area contributed by atoms with Crippen molar-refractivity contribution in [1.29, 1.82) is 0 Å². The topological polar surface area (TPSA) is 61.6 Å². The van der Waals surface area contributed by atoms with Gasteiger partial charge in [0.1, 0.15) is 5.76 Å². The summed E-state index contributed by atoms with van der Waals surface area (Å²) in [5.41, 5.74) is 1.37. The van der Waals surface area contributed by atoms with E-state index in [9.17, 15) is 4.79 Å². The zero-order chi connectivity index (χ0) is 16.9. The van der Waals surface area contributed by atoms with E-state index in [-0.39, 0.29) is 11.9 Å². The van der Waals surface area contributed by atoms with Gasteiger partial charge in [0.15, 0.2) is 5.82 Å². The number of carbonyl (C=O) groups is 1. The van der Waals surface area contributed by atoms with Crippen molar-refractivity contribution < 1.29 is 9.32 Å². The van der Waals surface area contributed by atoms with Crippen LogP contribution < -0.4 is 5.32 Å². The maximum absolute atomic E-state index is 12.5. The molecule has 1 N–H and O–H groups in total. The van der Waals surface area contributed by atoms with Gasteiger partial charge in [0.2, 0.25) is 5.91 Å². The van der Waals surface area contributed by atoms with Crippen LogP contribution >= 0.6 is 11.3 Å². The third-order valence-electron chi connectivity index (χ3n) is 4.40. The molecule has 2 aromatic heterocycles. The fourth-order valence-electron chi connectivity index (χ4n) is 3.12. The molecule has 0 spiro atoms. The highest BCUT2D eigenvalue weighted by Crippen LogP contribution is 2.16. The first-order chi connectivity index (χ1) is 11.7. The molecule has 1 atom stereocenters. The van der Waals surface area contributed by atoms with Crippen LogP contribution in [0.4, 0.5) is 5.82 Å². The van der Waals surface area contributed by atoms with E-state index in [1.807, 2.05) is 6.92 Å². The smallest absolute Gasteiger partial charge is 0.242 e. The molecule has 130 valence electrons. The van der Waals surface area contributed by atoms with Crippen LogP contribution in [0, 0.1) is 6.92 Å². The standard InChI is InChI=1S/C17H24N4O2S/c1-3-15(17(22)18-16-10-13(2)23-19-16)21-7-5-20(6-8-21)11-14-4-9-24-12-14/h4,9-10,12,15H,3,5-8,11H2,1-2H3,(H,18,19,22)/t15-/m1/s1. The Hall–Kier alpha value is -1.70. The lowest BCUT2D eigenvalue weighted by Gasteiger charge is -2.38. The van der Waals surface area contributed by atoms with Crippen LogP contribution in [0.15, 0.2) is 27.4 Å². The van der Waals surface area contributed by atoms with Gasteiger partial charge in [-0.3, -0.25) is 14.6 Å². The second-order valence-electron chi connectivity index (χ2n) is 6.18. The molecule has 0 aromatic carbocycles. The SMILES string of the molecule is CC[C@H](C(=O)Nc1cc(C)on1)N1CCN(Cc2ccsc2)CC1. The molecule has 0 aliphatic carbocycles. The lowest BCUT2D eigenvalue weighted by Crippen LogP contribution is -2.53. The number of aryl methyl sites for hydroxylation is 1. The second kappa shape index (κ2) is 7.92. The number of carbonyl (C=O) groups excluding carboxylic acids is 1. The molecular weight excluding hydrogens is 324 g/mol. The van der Waals surface area contributed by atoms with E-state index >= 15 is 0 Å². The molecule has 0 radical (unpaired) electrons. The number of amides is 1. The molecular formula is C17H24N4O2S. The van der Waals surface area contributed by atoms with Crippen LogP contribution in [0.2, 0.25) is 0 Å². The summed E-state index contributed by atoms with van der Waals surface area (Å²) in [5.74, 6) is 1.18. The number of thiophene rings is 1. The van der Waals surface area contributed by atoms with E-state index in [1.54, 1.807) is 17.4 Å². The Morgan fingerprint density at radius 2 is 2.21 bits per heavy atom. The average Bonchev–Trinajstić information content (AvgIpc) is 3.22. The van der Waals surface area contributed by atoms with Gasteiger partial charge in [0.25, 0.3) is 0 Å². The van der Waals surface area contributed by atoms with Crippen molar-refractivity contribution in [3.63, 3.8) is 0 Å². The van der Waals surface area contributed by atoms with Crippen LogP contribution in [0.1, 0.15) is 24.7 Å². The number of nitrogens with one attached hydrogen (secondary N) is 1. The van der Waals surface area contributed by atoms with E-state index in [2.05, 4.69) is 44.0 Å². The summed E-state index contributed by atoms with van der Waals surface area (Å²) in [6, 6.07) is 3.80. The molecule has 0 saturated carbocycles. The van der Waals surface area contributed by atoms with E-state index in [4.69, 9.17) is 4.52 Å². The maximum Gasteiger partial charge on any atom is 0.242 e. The third-order valence-corrected chi connectivity index (χ3v) is 5.13. The molecule has 3 rings (SSSR count). The average molecular weight is 348 g/mol. The zero-order valence-electron chi connectivity index (χ0n) is 14.2. The van der Waals surface area contributed by atoms with Crippen molar-refractivity contribution >= 4 is 23.1 Å². The van der Waals surface area contributed by atoms with Crippen LogP contribution in [-0.4, -0.2) is 53.1 Å². The number of nitrogens with zero attached hydrogens (tertiary/aromatic N) is 3. The van der Waals surface area contributed by atoms with Crippen molar-refractivity contribution in [2.45, 2.75) is 32.9 Å². The Morgan fingerprint density at radius 1 is 1.42 bits per heavy atom. The Labute approximate surface area is 146 Å². The predicted octanol–water partition coefficient (Wildman–Crippen LogP) is 2.58. The van der Waals surface area contributed by atoms with Crippen molar-refractivity contribution in [2.24, 2.45) is 0 Å². The molecule has 3 heterocycles. The molecule has 2 aromatic rings. The highest BCUT2D eigenvalue weighted by atomic mass is 32.1. The van der Waals surface area contributed by atoms with Crippen molar-refractivity contribution in [3.8, 4) is 0 Å². The van der Waals surface area contributed by atoms with Gasteiger partial charge in [-0.1, -0.05) is 12.1 Å². The van der Waals surface area contributed by atoms with E-state index in [0.29, 0.717) is 11.6 Å². The van der Waals surface area contributed by atoms with Gasteiger partial charge >= 0.3 is 0 Å². The Bertz CT molecular complexity index is 647. The van der Waals surface area contributed by atoms with Gasteiger partial charge in [0.05, 0.1) is 6.04 Å². The monoisotopic (exact) mass is 348 g/mol. The van der Waals surface area contributed by atoms with Crippen molar-refractivity contribution in [3.05, 3.63) is 34.2 Å². The quantitative estimate of drug-likeness (QED) is 0.869. The van der Waals surface area contributed by atoms with E-state index in [0.717, 1.165) is 39.1 Å². The first-order valence-electron chi connectivity index (χ1n) is 8.37. The highest BCUT2D eigenvalue weighted by Gasteiger charge is 2.28. The van der Waals surface area contributed by atoms with Gasteiger partial charge in [-0.05, 0) is 35.7 Å². The number of anilines is 1. The molecule has 7 heteroatoms. The number of aromatic nitrogens is 1. The minimum absolute atomic E-state index is 0.00270. The molecule has 24 heavy (non-hydrogen) atoms. The molecule has 0 bridgehead atoms. The Kier molecular flexibility index (Phi) is 5.65. The summed E-state index contributed by atoms with van der Waals surface area (Å²) in [7, 11) is 0. The van der Waals surface area contributed by atoms with Gasteiger partial charge in [-0.2, -0.15) is 11.3 Å². The fourth-order valence-corrected chi connectivity index (χ4v) is 3.78. The lowest BCUT2D eigenvalue weighted by molar-refractivity contribution is -0.122. The minimum atomic E-state index is -0.120. The summed E-state index contributed by atoms with van der Waals surface area (Å²) < 4.78 is 5.00. The number of piperazine rings is 1. The Morgan fingerprint density at radius 3 is 2.79 bits per heavy atom. The maximum atomic E-state index is 12.5. The van der Waals surface area contributed by atoms with Gasteiger partial charge in [-0.15, -0.1) is 0 Å². The number of rotatable bonds is 6. The van der Waals surface area contributed by atoms with Crippen molar-refractivity contribution in [1.82, 2.24) is 15.0 Å². The number of hydrogen-bond donors (Lipinski definition) is 1. The zero-order valence-corrected chi connectivity index (χ0v) is 15.0. The van der Waals surface area contributed by atoms with Crippen molar-refractivity contribution in [2.75, 3.05) is 31.5 Å². The highest BCUT2D eigenvalue weighted by molar-refractivity contribution is 7.07. The third kappa shape index (κ3) is 4.23. The molecule has 1 amide bonds.